The molecule has 0 aliphatic heterocycles. The van der Waals surface area contributed by atoms with Crippen LogP contribution < -0.4 is 0 Å². The van der Waals surface area contributed by atoms with Gasteiger partial charge in [-0.25, -0.2) is 8.42 Å². The molecule has 0 atom stereocenters. The largest absolute Gasteiger partial charge is 0.293 e. The first kappa shape index (κ1) is 12.4. The van der Waals surface area contributed by atoms with Crippen LogP contribution in [0.25, 0.3) is 0 Å². The molecule has 0 unspecified atom stereocenters. The van der Waals surface area contributed by atoms with Gasteiger partial charge in [0, 0.05) is 6.26 Å². The van der Waals surface area contributed by atoms with Crippen molar-refractivity contribution in [3.63, 3.8) is 0 Å². The average molecular weight is 230 g/mol. The lowest BCUT2D eigenvalue weighted by Crippen LogP contribution is -2.16. The molecule has 1 aliphatic rings. The third kappa shape index (κ3) is 5.11. The van der Waals surface area contributed by atoms with Crippen LogP contribution in [0.2, 0.25) is 0 Å². The number of Topliss-reactive ketones (excluding diaryl/α,β-unsaturated/α-hetero) is 1. The van der Waals surface area contributed by atoms with Crippen molar-refractivity contribution in [2.75, 3.05) is 12.0 Å². The summed E-state index contributed by atoms with van der Waals surface area (Å²) in [5.41, 5.74) is 0.722. The van der Waals surface area contributed by atoms with E-state index in [9.17, 15) is 13.2 Å². The Labute approximate surface area is 91.5 Å². The summed E-state index contributed by atoms with van der Waals surface area (Å²) in [4.78, 5) is 11.6. The van der Waals surface area contributed by atoms with E-state index in [-0.39, 0.29) is 11.5 Å². The van der Waals surface area contributed by atoms with Crippen molar-refractivity contribution < 1.29 is 13.2 Å². The number of allylic oxidation sites excluding steroid dienone is 2. The fraction of sp³-hybridized carbons (Fsp3) is 0.727. The Kier molecular flexibility index (Phi) is 4.51. The van der Waals surface area contributed by atoms with Gasteiger partial charge in [-0.2, -0.15) is 0 Å². The maximum absolute atomic E-state index is 11.6. The van der Waals surface area contributed by atoms with Gasteiger partial charge in [-0.3, -0.25) is 4.79 Å². The van der Waals surface area contributed by atoms with Gasteiger partial charge in [-0.15, -0.1) is 0 Å². The van der Waals surface area contributed by atoms with E-state index in [0.29, 0.717) is 0 Å². The number of rotatable bonds is 3. The Morgan fingerprint density at radius 2 is 1.93 bits per heavy atom. The number of carbonyl (C=O) groups is 1. The number of sulfone groups is 1. The van der Waals surface area contributed by atoms with E-state index in [1.807, 2.05) is 6.08 Å². The molecule has 0 aromatic rings. The summed E-state index contributed by atoms with van der Waals surface area (Å²) in [5, 5.41) is 0. The molecule has 0 radical (unpaired) electrons. The van der Waals surface area contributed by atoms with E-state index in [1.54, 1.807) is 0 Å². The van der Waals surface area contributed by atoms with E-state index in [0.717, 1.165) is 43.9 Å². The van der Waals surface area contributed by atoms with Crippen LogP contribution in [0.15, 0.2) is 11.6 Å². The summed E-state index contributed by atoms with van der Waals surface area (Å²) in [6.07, 6.45) is 9.14. The van der Waals surface area contributed by atoms with Crippen LogP contribution in [0, 0.1) is 0 Å². The van der Waals surface area contributed by atoms with Gasteiger partial charge in [-0.1, -0.05) is 18.9 Å². The minimum atomic E-state index is -3.18. The highest BCUT2D eigenvalue weighted by atomic mass is 32.2. The van der Waals surface area contributed by atoms with E-state index in [4.69, 9.17) is 0 Å². The van der Waals surface area contributed by atoms with Crippen LogP contribution in [0.1, 0.15) is 38.5 Å². The van der Waals surface area contributed by atoms with Gasteiger partial charge in [0.2, 0.25) is 0 Å². The molecular formula is C11H18O3S. The van der Waals surface area contributed by atoms with Crippen LogP contribution in [0.5, 0.6) is 0 Å². The van der Waals surface area contributed by atoms with Crippen LogP contribution in [0.4, 0.5) is 0 Å². The summed E-state index contributed by atoms with van der Waals surface area (Å²) in [6, 6.07) is 0. The predicted molar refractivity (Wildman–Crippen MR) is 60.5 cm³/mol. The van der Waals surface area contributed by atoms with Gasteiger partial charge in [0.05, 0.1) is 0 Å². The SMILES string of the molecule is CS(=O)(=O)CC(=O)C1=CCCCCCC1. The van der Waals surface area contributed by atoms with Crippen LogP contribution in [-0.4, -0.2) is 26.2 Å². The van der Waals surface area contributed by atoms with Crippen LogP contribution in [-0.2, 0) is 14.6 Å². The third-order valence-corrected chi connectivity index (χ3v) is 3.33. The third-order valence-electron chi connectivity index (χ3n) is 2.54. The number of carbonyl (C=O) groups excluding carboxylic acids is 1. The molecule has 0 spiro atoms. The second-order valence-corrected chi connectivity index (χ2v) is 6.32. The summed E-state index contributed by atoms with van der Waals surface area (Å²) < 4.78 is 22.0. The Hall–Kier alpha value is -0.640. The number of hydrogen-bond donors (Lipinski definition) is 0. The molecule has 0 N–H and O–H groups in total. The van der Waals surface area contributed by atoms with Gasteiger partial charge in [0.25, 0.3) is 0 Å². The summed E-state index contributed by atoms with van der Waals surface area (Å²) in [5.74, 6) is -0.543. The molecule has 3 nitrogen and oxygen atoms in total. The van der Waals surface area contributed by atoms with Gasteiger partial charge in [0.1, 0.15) is 5.75 Å². The zero-order chi connectivity index (χ0) is 11.3. The molecule has 0 saturated heterocycles. The zero-order valence-corrected chi connectivity index (χ0v) is 9.98. The second kappa shape index (κ2) is 5.45. The average Bonchev–Trinajstić information content (AvgIpc) is 1.98. The lowest BCUT2D eigenvalue weighted by Gasteiger charge is -2.09. The first-order valence-corrected chi connectivity index (χ1v) is 7.45. The first-order valence-electron chi connectivity index (χ1n) is 5.39. The van der Waals surface area contributed by atoms with Crippen molar-refractivity contribution in [2.24, 2.45) is 0 Å². The predicted octanol–water partition coefficient (Wildman–Crippen LogP) is 1.88. The van der Waals surface area contributed by atoms with Crippen molar-refractivity contribution >= 4 is 15.6 Å². The van der Waals surface area contributed by atoms with E-state index in [2.05, 4.69) is 0 Å². The quantitative estimate of drug-likeness (QED) is 0.744. The molecule has 0 heterocycles. The highest BCUT2D eigenvalue weighted by Crippen LogP contribution is 2.17. The fourth-order valence-corrected chi connectivity index (χ4v) is 2.44. The lowest BCUT2D eigenvalue weighted by molar-refractivity contribution is -0.113. The standard InChI is InChI=1S/C11H18O3S/c1-15(13,14)9-11(12)10-7-5-3-2-4-6-8-10/h7H,2-6,8-9H2,1H3. The summed E-state index contributed by atoms with van der Waals surface area (Å²) in [6.45, 7) is 0. The van der Waals surface area contributed by atoms with Crippen molar-refractivity contribution in [3.8, 4) is 0 Å². The van der Waals surface area contributed by atoms with Crippen molar-refractivity contribution in [1.82, 2.24) is 0 Å². The highest BCUT2D eigenvalue weighted by molar-refractivity contribution is 7.91. The van der Waals surface area contributed by atoms with E-state index in [1.165, 1.54) is 6.42 Å². The van der Waals surface area contributed by atoms with Gasteiger partial charge >= 0.3 is 0 Å². The van der Waals surface area contributed by atoms with Crippen LogP contribution in [0.3, 0.4) is 0 Å². The molecule has 0 aromatic carbocycles. The monoisotopic (exact) mass is 230 g/mol. The molecule has 0 fully saturated rings. The molecule has 86 valence electrons. The molecule has 1 rings (SSSR count). The molecule has 4 heteroatoms. The second-order valence-electron chi connectivity index (χ2n) is 4.18. The topological polar surface area (TPSA) is 51.2 Å². The minimum Gasteiger partial charge on any atom is -0.293 e. The van der Waals surface area contributed by atoms with Crippen molar-refractivity contribution in [1.29, 1.82) is 0 Å². The normalized spacial score (nSPS) is 18.9. The van der Waals surface area contributed by atoms with Crippen molar-refractivity contribution in [3.05, 3.63) is 11.6 Å². The highest BCUT2D eigenvalue weighted by Gasteiger charge is 2.15. The molecule has 0 saturated carbocycles. The molecule has 15 heavy (non-hydrogen) atoms. The van der Waals surface area contributed by atoms with Gasteiger partial charge in [-0.05, 0) is 31.3 Å². The Morgan fingerprint density at radius 1 is 1.27 bits per heavy atom. The number of hydrogen-bond acceptors (Lipinski definition) is 3. The molecule has 1 aliphatic carbocycles. The van der Waals surface area contributed by atoms with Gasteiger partial charge < -0.3 is 0 Å². The van der Waals surface area contributed by atoms with Crippen LogP contribution >= 0.6 is 0 Å². The van der Waals surface area contributed by atoms with Gasteiger partial charge in [0.15, 0.2) is 15.6 Å². The Balaban J connectivity index is 2.64. The molecule has 0 aromatic heterocycles. The first-order chi connectivity index (χ1) is 6.99. The van der Waals surface area contributed by atoms with E-state index >= 15 is 0 Å². The summed E-state index contributed by atoms with van der Waals surface area (Å²) >= 11 is 0. The minimum absolute atomic E-state index is 0.209. The van der Waals surface area contributed by atoms with Crippen molar-refractivity contribution in [2.45, 2.75) is 38.5 Å². The van der Waals surface area contributed by atoms with E-state index < -0.39 is 9.84 Å². The summed E-state index contributed by atoms with van der Waals surface area (Å²) in [7, 11) is -3.18. The molecular weight excluding hydrogens is 212 g/mol. The lowest BCUT2D eigenvalue weighted by atomic mass is 9.98. The molecule has 0 bridgehead atoms. The molecule has 0 amide bonds. The smallest absolute Gasteiger partial charge is 0.173 e. The number of ketones is 1. The maximum atomic E-state index is 11.6. The fourth-order valence-electron chi connectivity index (χ4n) is 1.78. The Morgan fingerprint density at radius 3 is 2.60 bits per heavy atom. The Bertz CT molecular complexity index is 352. The zero-order valence-electron chi connectivity index (χ0n) is 9.16. The maximum Gasteiger partial charge on any atom is 0.173 e.